The number of aliphatic hydroxyl groups excluding tert-OH is 1. The molecule has 2 aromatic heterocycles. The SMILES string of the molecule is CNC(=O)c1ccc(Nc2ncc(-c3ncno3)c(N[C@H](CO)c3ccccc3)n2)cc1Cl. The molecule has 0 saturated carbocycles. The third kappa shape index (κ3) is 5.08. The molecule has 0 spiro atoms. The molecule has 1 amide bonds. The van der Waals surface area contributed by atoms with Crippen LogP contribution < -0.4 is 16.0 Å². The molecule has 4 N–H and O–H groups in total. The van der Waals surface area contributed by atoms with Crippen LogP contribution in [0.3, 0.4) is 0 Å². The molecule has 33 heavy (non-hydrogen) atoms. The molecule has 11 heteroatoms. The number of nitrogens with zero attached hydrogens (tertiary/aromatic N) is 4. The van der Waals surface area contributed by atoms with E-state index in [1.165, 1.54) is 19.6 Å². The fraction of sp³-hybridized carbons (Fsp3) is 0.136. The van der Waals surface area contributed by atoms with E-state index in [0.29, 0.717) is 22.6 Å². The summed E-state index contributed by atoms with van der Waals surface area (Å²) in [4.78, 5) is 24.8. The van der Waals surface area contributed by atoms with E-state index in [0.717, 1.165) is 5.56 Å². The summed E-state index contributed by atoms with van der Waals surface area (Å²) >= 11 is 6.24. The second-order valence-corrected chi connectivity index (χ2v) is 7.30. The molecule has 0 unspecified atom stereocenters. The average molecular weight is 466 g/mol. The minimum atomic E-state index is -0.433. The van der Waals surface area contributed by atoms with Crippen molar-refractivity contribution < 1.29 is 14.4 Å². The summed E-state index contributed by atoms with van der Waals surface area (Å²) in [6.07, 6.45) is 2.81. The van der Waals surface area contributed by atoms with Crippen molar-refractivity contribution >= 4 is 35.0 Å². The molecule has 168 valence electrons. The second kappa shape index (κ2) is 10.1. The van der Waals surface area contributed by atoms with Crippen LogP contribution in [0.2, 0.25) is 5.02 Å². The third-order valence-electron chi connectivity index (χ3n) is 4.77. The molecular formula is C22H20ClN7O3. The molecule has 0 aliphatic rings. The van der Waals surface area contributed by atoms with Gasteiger partial charge in [-0.25, -0.2) is 4.98 Å². The minimum absolute atomic E-state index is 0.170. The molecule has 0 aliphatic heterocycles. The average Bonchev–Trinajstić information content (AvgIpc) is 3.37. The Labute approximate surface area is 194 Å². The minimum Gasteiger partial charge on any atom is -0.394 e. The predicted molar refractivity (Wildman–Crippen MR) is 123 cm³/mol. The van der Waals surface area contributed by atoms with Gasteiger partial charge in [0.1, 0.15) is 11.4 Å². The summed E-state index contributed by atoms with van der Waals surface area (Å²) in [5.41, 5.74) is 2.29. The Morgan fingerprint density at radius 1 is 1.18 bits per heavy atom. The molecule has 0 saturated heterocycles. The largest absolute Gasteiger partial charge is 0.394 e. The molecule has 0 bridgehead atoms. The van der Waals surface area contributed by atoms with E-state index in [1.54, 1.807) is 18.2 Å². The number of nitrogens with one attached hydrogen (secondary N) is 3. The molecule has 1 atom stereocenters. The lowest BCUT2D eigenvalue weighted by Crippen LogP contribution is -2.18. The Hall–Kier alpha value is -4.02. The normalized spacial score (nSPS) is 11.6. The van der Waals surface area contributed by atoms with E-state index in [4.69, 9.17) is 16.1 Å². The number of halogens is 1. The first-order valence-electron chi connectivity index (χ1n) is 9.94. The molecule has 2 heterocycles. The zero-order chi connectivity index (χ0) is 23.2. The Kier molecular flexibility index (Phi) is 6.77. The number of aromatic nitrogens is 4. The van der Waals surface area contributed by atoms with Crippen molar-refractivity contribution in [3.63, 3.8) is 0 Å². The van der Waals surface area contributed by atoms with Crippen LogP contribution in [0.5, 0.6) is 0 Å². The molecule has 2 aromatic carbocycles. The maximum absolute atomic E-state index is 11.9. The van der Waals surface area contributed by atoms with Crippen molar-refractivity contribution in [1.82, 2.24) is 25.4 Å². The molecule has 10 nitrogen and oxygen atoms in total. The Bertz CT molecular complexity index is 1240. The van der Waals surface area contributed by atoms with Crippen molar-refractivity contribution in [2.75, 3.05) is 24.3 Å². The number of carbonyl (C=O) groups is 1. The molecule has 4 rings (SSSR count). The highest BCUT2D eigenvalue weighted by Crippen LogP contribution is 2.29. The number of aliphatic hydroxyl groups is 1. The molecule has 0 fully saturated rings. The number of benzene rings is 2. The monoisotopic (exact) mass is 465 g/mol. The lowest BCUT2D eigenvalue weighted by atomic mass is 10.1. The summed E-state index contributed by atoms with van der Waals surface area (Å²) in [6.45, 7) is -0.170. The summed E-state index contributed by atoms with van der Waals surface area (Å²) < 4.78 is 5.18. The van der Waals surface area contributed by atoms with Crippen LogP contribution in [-0.4, -0.2) is 44.8 Å². The zero-order valence-corrected chi connectivity index (χ0v) is 18.2. The first-order valence-corrected chi connectivity index (χ1v) is 10.3. The zero-order valence-electron chi connectivity index (χ0n) is 17.5. The predicted octanol–water partition coefficient (Wildman–Crippen LogP) is 3.43. The van der Waals surface area contributed by atoms with Gasteiger partial charge in [0.05, 0.1) is 23.2 Å². The van der Waals surface area contributed by atoms with Crippen LogP contribution in [0, 0.1) is 0 Å². The maximum Gasteiger partial charge on any atom is 0.262 e. The molecule has 0 radical (unpaired) electrons. The summed E-state index contributed by atoms with van der Waals surface area (Å²) in [5.74, 6) is 0.586. The van der Waals surface area contributed by atoms with Crippen molar-refractivity contribution in [1.29, 1.82) is 0 Å². The lowest BCUT2D eigenvalue weighted by molar-refractivity contribution is 0.0963. The van der Waals surface area contributed by atoms with Crippen molar-refractivity contribution in [2.24, 2.45) is 0 Å². The summed E-state index contributed by atoms with van der Waals surface area (Å²) in [5, 5.41) is 22.7. The van der Waals surface area contributed by atoms with Crippen LogP contribution >= 0.6 is 11.6 Å². The Morgan fingerprint density at radius 3 is 2.67 bits per heavy atom. The molecule has 4 aromatic rings. The van der Waals surface area contributed by atoms with Gasteiger partial charge in [-0.05, 0) is 23.8 Å². The second-order valence-electron chi connectivity index (χ2n) is 6.89. The topological polar surface area (TPSA) is 138 Å². The Balaban J connectivity index is 1.65. The van der Waals surface area contributed by atoms with E-state index in [1.807, 2.05) is 30.3 Å². The number of hydrogen-bond acceptors (Lipinski definition) is 9. The third-order valence-corrected chi connectivity index (χ3v) is 5.09. The standard InChI is InChI=1S/C22H20ClN7O3/c1-24-20(32)15-8-7-14(9-17(15)23)28-22-25-10-16(21-26-12-27-33-21)19(30-22)29-18(11-31)13-5-3-2-4-6-13/h2-10,12,18,31H,11H2,1H3,(H,24,32)(H2,25,28,29,30)/t18-/m1/s1. The summed E-state index contributed by atoms with van der Waals surface area (Å²) in [6, 6.07) is 13.9. The highest BCUT2D eigenvalue weighted by Gasteiger charge is 2.19. The van der Waals surface area contributed by atoms with Gasteiger partial charge in [-0.3, -0.25) is 4.79 Å². The fourth-order valence-corrected chi connectivity index (χ4v) is 3.39. The number of anilines is 3. The highest BCUT2D eigenvalue weighted by molar-refractivity contribution is 6.34. The van der Waals surface area contributed by atoms with Gasteiger partial charge in [0.15, 0.2) is 6.33 Å². The van der Waals surface area contributed by atoms with Gasteiger partial charge in [0.25, 0.3) is 11.8 Å². The van der Waals surface area contributed by atoms with E-state index in [9.17, 15) is 9.90 Å². The van der Waals surface area contributed by atoms with Crippen LogP contribution in [0.25, 0.3) is 11.5 Å². The van der Waals surface area contributed by atoms with Gasteiger partial charge in [0, 0.05) is 18.9 Å². The number of hydrogen-bond donors (Lipinski definition) is 4. The van der Waals surface area contributed by atoms with E-state index >= 15 is 0 Å². The van der Waals surface area contributed by atoms with Crippen molar-refractivity contribution in [2.45, 2.75) is 6.04 Å². The van der Waals surface area contributed by atoms with Crippen molar-refractivity contribution in [3.8, 4) is 11.5 Å². The first-order chi connectivity index (χ1) is 16.1. The van der Waals surface area contributed by atoms with Crippen LogP contribution in [0.4, 0.5) is 17.5 Å². The van der Waals surface area contributed by atoms with Gasteiger partial charge in [-0.1, -0.05) is 47.1 Å². The van der Waals surface area contributed by atoms with Gasteiger partial charge < -0.3 is 25.6 Å². The molecule has 0 aliphatic carbocycles. The maximum atomic E-state index is 11.9. The van der Waals surface area contributed by atoms with E-state index < -0.39 is 6.04 Å². The van der Waals surface area contributed by atoms with Crippen LogP contribution in [0.15, 0.2) is 65.6 Å². The van der Waals surface area contributed by atoms with Gasteiger partial charge >= 0.3 is 0 Å². The molecular weight excluding hydrogens is 446 g/mol. The number of amides is 1. The van der Waals surface area contributed by atoms with E-state index in [-0.39, 0.29) is 29.4 Å². The fourth-order valence-electron chi connectivity index (χ4n) is 3.13. The van der Waals surface area contributed by atoms with Gasteiger partial charge in [-0.2, -0.15) is 9.97 Å². The number of carbonyl (C=O) groups excluding carboxylic acids is 1. The number of rotatable bonds is 8. The van der Waals surface area contributed by atoms with Gasteiger partial charge in [-0.15, -0.1) is 0 Å². The highest BCUT2D eigenvalue weighted by atomic mass is 35.5. The Morgan fingerprint density at radius 2 is 2.00 bits per heavy atom. The summed E-state index contributed by atoms with van der Waals surface area (Å²) in [7, 11) is 1.53. The van der Waals surface area contributed by atoms with E-state index in [2.05, 4.69) is 36.1 Å². The smallest absolute Gasteiger partial charge is 0.262 e. The quantitative estimate of drug-likeness (QED) is 0.308. The van der Waals surface area contributed by atoms with Gasteiger partial charge in [0.2, 0.25) is 5.95 Å². The first kappa shape index (κ1) is 22.2. The van der Waals surface area contributed by atoms with Crippen LogP contribution in [-0.2, 0) is 0 Å². The lowest BCUT2D eigenvalue weighted by Gasteiger charge is -2.19. The van der Waals surface area contributed by atoms with Crippen LogP contribution in [0.1, 0.15) is 22.0 Å². The van der Waals surface area contributed by atoms with Crippen molar-refractivity contribution in [3.05, 3.63) is 77.2 Å².